The molecule has 2 unspecified atom stereocenters. The summed E-state index contributed by atoms with van der Waals surface area (Å²) in [5, 5.41) is 0. The number of rotatable bonds is 2. The molecule has 0 radical (unpaired) electrons. The number of hydrogen-bond acceptors (Lipinski definition) is 0. The van der Waals surface area contributed by atoms with Crippen LogP contribution in [0.25, 0.3) is 0 Å². The average Bonchev–Trinajstić information content (AvgIpc) is 2.61. The molecule has 0 spiro atoms. The van der Waals surface area contributed by atoms with E-state index < -0.39 is 22.9 Å². The van der Waals surface area contributed by atoms with Crippen LogP contribution in [0.5, 0.6) is 0 Å². The first-order chi connectivity index (χ1) is 8.61. The fourth-order valence-electron chi connectivity index (χ4n) is 3.47. The van der Waals surface area contributed by atoms with Crippen LogP contribution in [0.4, 0.5) is 0 Å². The van der Waals surface area contributed by atoms with Crippen molar-refractivity contribution in [1.82, 2.24) is 0 Å². The standard InChI is InChI=1S/2C8H13Si.Hf.2H/c2*1-5-4-8(9)7(3)6(5)2;;;/h2*4H,1-3,9H3;;;/q;;+2;2*-1. The number of hydrogen-bond donors (Lipinski definition) is 0. The molecule has 2 aliphatic rings. The molecule has 2 atom stereocenters. The van der Waals surface area contributed by atoms with Crippen molar-refractivity contribution in [2.75, 3.05) is 0 Å². The molecule has 2 aliphatic carbocycles. The van der Waals surface area contributed by atoms with Gasteiger partial charge in [0.1, 0.15) is 0 Å². The fraction of sp³-hybridized carbons (Fsp3) is 0.500. The Labute approximate surface area is 138 Å². The van der Waals surface area contributed by atoms with Gasteiger partial charge in [0, 0.05) is 0 Å². The van der Waals surface area contributed by atoms with E-state index >= 15 is 0 Å². The maximum Gasteiger partial charge on any atom is -1.00 e. The fourth-order valence-corrected chi connectivity index (χ4v) is 26.3. The molecule has 104 valence electrons. The molecule has 0 saturated carbocycles. The Kier molecular flexibility index (Phi) is 4.05. The molecule has 0 aromatic heterocycles. The van der Waals surface area contributed by atoms with Gasteiger partial charge in [-0.2, -0.15) is 0 Å². The van der Waals surface area contributed by atoms with E-state index in [-0.39, 0.29) is 2.85 Å². The minimum atomic E-state index is -0.796. The Bertz CT molecular complexity index is 525. The molecule has 2 rings (SSSR count). The van der Waals surface area contributed by atoms with Gasteiger partial charge in [0.15, 0.2) is 0 Å². The molecule has 0 amide bonds. The molecule has 0 bridgehead atoms. The zero-order chi connectivity index (χ0) is 14.6. The first-order valence-electron chi connectivity index (χ1n) is 7.15. The quantitative estimate of drug-likeness (QED) is 0.563. The topological polar surface area (TPSA) is 0 Å². The van der Waals surface area contributed by atoms with Gasteiger partial charge in [-0.05, 0) is 0 Å². The average molecular weight is 455 g/mol. The summed E-state index contributed by atoms with van der Waals surface area (Å²) in [6.07, 6.45) is 5.30. The summed E-state index contributed by atoms with van der Waals surface area (Å²) in [6, 6.07) is 0. The molecule has 19 heavy (non-hydrogen) atoms. The van der Waals surface area contributed by atoms with E-state index in [0.717, 1.165) is 0 Å². The van der Waals surface area contributed by atoms with E-state index in [1.54, 1.807) is 33.4 Å². The van der Waals surface area contributed by atoms with Gasteiger partial charge < -0.3 is 2.85 Å². The van der Waals surface area contributed by atoms with Gasteiger partial charge >= 0.3 is 136 Å². The van der Waals surface area contributed by atoms with Gasteiger partial charge in [0.2, 0.25) is 0 Å². The van der Waals surface area contributed by atoms with E-state index in [1.807, 2.05) is 0 Å². The van der Waals surface area contributed by atoms with Crippen LogP contribution in [-0.4, -0.2) is 20.5 Å². The van der Waals surface area contributed by atoms with E-state index in [0.29, 0.717) is 5.59 Å². The van der Waals surface area contributed by atoms with Crippen LogP contribution >= 0.6 is 0 Å². The van der Waals surface area contributed by atoms with Crippen LogP contribution in [0.3, 0.4) is 0 Å². The Hall–Kier alpha value is 0.264. The monoisotopic (exact) mass is 456 g/mol. The third-order valence-electron chi connectivity index (χ3n) is 5.40. The van der Waals surface area contributed by atoms with Crippen molar-refractivity contribution in [3.05, 3.63) is 45.6 Å². The largest absolute Gasteiger partial charge is 1.00 e. The molecule has 0 nitrogen and oxygen atoms in total. The van der Waals surface area contributed by atoms with E-state index in [9.17, 15) is 0 Å². The van der Waals surface area contributed by atoms with Crippen LogP contribution in [0.15, 0.2) is 45.6 Å². The maximum atomic E-state index is 2.65. The minimum Gasteiger partial charge on any atom is -1.00 e. The molecule has 0 saturated heterocycles. The molecule has 0 aliphatic heterocycles. The van der Waals surface area contributed by atoms with Gasteiger partial charge in [-0.25, -0.2) is 0 Å². The molecule has 0 N–H and O–H groups in total. The summed E-state index contributed by atoms with van der Waals surface area (Å²) >= 11 is -0.796. The normalized spacial score (nSPS) is 35.1. The third kappa shape index (κ3) is 2.47. The Morgan fingerprint density at radius 3 is 1.32 bits per heavy atom. The Morgan fingerprint density at radius 1 is 0.789 bits per heavy atom. The first-order valence-corrected chi connectivity index (χ1v) is 12.7. The molecular weight excluding hydrogens is 427 g/mol. The Balaban J connectivity index is 0.00000200. The van der Waals surface area contributed by atoms with Gasteiger partial charge in [-0.3, -0.25) is 0 Å². The van der Waals surface area contributed by atoms with Gasteiger partial charge in [-0.15, -0.1) is 0 Å². The van der Waals surface area contributed by atoms with Gasteiger partial charge in [-0.1, -0.05) is 0 Å². The molecule has 3 heteroatoms. The van der Waals surface area contributed by atoms with E-state index in [2.05, 4.69) is 53.7 Å². The van der Waals surface area contributed by atoms with Gasteiger partial charge in [0.05, 0.1) is 0 Å². The first kappa shape index (κ1) is 15.6. The summed E-state index contributed by atoms with van der Waals surface area (Å²) in [6.45, 7) is 14.1. The summed E-state index contributed by atoms with van der Waals surface area (Å²) in [5.41, 5.74) is 9.73. The zero-order valence-corrected chi connectivity index (χ0v) is 21.2. The summed E-state index contributed by atoms with van der Waals surface area (Å²) in [7, 11) is 2.62. The van der Waals surface area contributed by atoms with Crippen molar-refractivity contribution in [1.29, 1.82) is 0 Å². The molecule has 0 heterocycles. The van der Waals surface area contributed by atoms with Crippen LogP contribution in [0, 0.1) is 0 Å². The van der Waals surface area contributed by atoms with Crippen molar-refractivity contribution < 1.29 is 25.8 Å². The van der Waals surface area contributed by atoms with Crippen molar-refractivity contribution in [2.24, 2.45) is 0 Å². The van der Waals surface area contributed by atoms with Crippen molar-refractivity contribution in [3.63, 3.8) is 0 Å². The SMILES string of the molecule is CC1=C[C]([SiH3])([Hf+2][C]2([SiH3])C=C(C)C(C)=C2C)C(C)=C1C.[H-].[H-]. The van der Waals surface area contributed by atoms with Gasteiger partial charge in [0.25, 0.3) is 0 Å². The van der Waals surface area contributed by atoms with Crippen molar-refractivity contribution in [3.8, 4) is 0 Å². The predicted octanol–water partition coefficient (Wildman–Crippen LogP) is 2.85. The minimum absolute atomic E-state index is 0. The Morgan fingerprint density at radius 2 is 1.11 bits per heavy atom. The van der Waals surface area contributed by atoms with Crippen molar-refractivity contribution >= 4 is 20.5 Å². The maximum absolute atomic E-state index is 2.65. The summed E-state index contributed by atoms with van der Waals surface area (Å²) in [4.78, 5) is 0. The van der Waals surface area contributed by atoms with E-state index in [4.69, 9.17) is 0 Å². The second kappa shape index (κ2) is 4.92. The van der Waals surface area contributed by atoms with Crippen LogP contribution in [0.1, 0.15) is 44.4 Å². The molecule has 0 aromatic rings. The molecule has 0 fully saturated rings. The number of allylic oxidation sites excluding steroid dienone is 8. The van der Waals surface area contributed by atoms with Crippen LogP contribution < -0.4 is 0 Å². The van der Waals surface area contributed by atoms with Crippen LogP contribution in [0.2, 0.25) is 5.59 Å². The second-order valence-electron chi connectivity index (χ2n) is 6.68. The van der Waals surface area contributed by atoms with Crippen molar-refractivity contribution in [2.45, 2.75) is 47.1 Å². The second-order valence-corrected chi connectivity index (χ2v) is 25.4. The third-order valence-corrected chi connectivity index (χ3v) is 19.0. The molecule has 0 aromatic carbocycles. The zero-order valence-electron chi connectivity index (χ0n) is 15.7. The van der Waals surface area contributed by atoms with Crippen LogP contribution in [-0.2, 0) is 22.9 Å². The smallest absolute Gasteiger partial charge is 1.00 e. The summed E-state index contributed by atoms with van der Waals surface area (Å²) < 4.78 is 1.16. The van der Waals surface area contributed by atoms with E-state index in [1.165, 1.54) is 20.5 Å². The predicted molar refractivity (Wildman–Crippen MR) is 91.8 cm³/mol. The summed E-state index contributed by atoms with van der Waals surface area (Å²) in [5.74, 6) is 0. The molecular formula is C16H28HfSi2.